The summed E-state index contributed by atoms with van der Waals surface area (Å²) in [5.41, 5.74) is 3.95. The molecule has 0 atom stereocenters. The average Bonchev–Trinajstić information content (AvgIpc) is 2.67. The minimum atomic E-state index is 0.424. The van der Waals surface area contributed by atoms with Crippen molar-refractivity contribution in [2.75, 3.05) is 7.11 Å². The van der Waals surface area contributed by atoms with Crippen molar-refractivity contribution in [1.82, 2.24) is 0 Å². The summed E-state index contributed by atoms with van der Waals surface area (Å²) in [5, 5.41) is 0.492. The van der Waals surface area contributed by atoms with Crippen LogP contribution in [0, 0.1) is 6.92 Å². The number of halogens is 1. The Hall–Kier alpha value is -2.78. The third-order valence-electron chi connectivity index (χ3n) is 3.95. The van der Waals surface area contributed by atoms with E-state index in [1.54, 1.807) is 13.3 Å². The maximum atomic E-state index is 6.43. The molecule has 0 aromatic heterocycles. The summed E-state index contributed by atoms with van der Waals surface area (Å²) >= 11 is 6.43. The first-order valence-corrected chi connectivity index (χ1v) is 8.69. The van der Waals surface area contributed by atoms with E-state index < -0.39 is 0 Å². The largest absolute Gasteiger partial charge is 0.493 e. The number of hydrogen-bond acceptors (Lipinski definition) is 3. The highest BCUT2D eigenvalue weighted by Gasteiger charge is 2.12. The Kier molecular flexibility index (Phi) is 5.92. The number of benzene rings is 3. The molecule has 3 aromatic rings. The highest BCUT2D eigenvalue weighted by atomic mass is 35.5. The summed E-state index contributed by atoms with van der Waals surface area (Å²) in [6, 6.07) is 21.6. The van der Waals surface area contributed by atoms with Crippen molar-refractivity contribution >= 4 is 23.5 Å². The molecule has 0 radical (unpaired) electrons. The molecule has 0 saturated carbocycles. The molecule has 0 aliphatic rings. The minimum Gasteiger partial charge on any atom is -0.493 e. The quantitative estimate of drug-likeness (QED) is 0.502. The number of para-hydroxylation sites is 1. The number of ether oxygens (including phenoxy) is 2. The van der Waals surface area contributed by atoms with Gasteiger partial charge in [0.05, 0.1) is 17.8 Å². The Morgan fingerprint density at radius 2 is 1.73 bits per heavy atom. The van der Waals surface area contributed by atoms with E-state index in [1.165, 1.54) is 0 Å². The third-order valence-corrected chi connectivity index (χ3v) is 4.23. The first-order chi connectivity index (χ1) is 12.7. The van der Waals surface area contributed by atoms with Gasteiger partial charge in [0.1, 0.15) is 6.61 Å². The molecular weight excluding hydrogens is 346 g/mol. The van der Waals surface area contributed by atoms with Crippen molar-refractivity contribution in [3.8, 4) is 11.5 Å². The molecule has 4 heteroatoms. The average molecular weight is 366 g/mol. The highest BCUT2D eigenvalue weighted by molar-refractivity contribution is 6.32. The molecule has 0 heterocycles. The Morgan fingerprint density at radius 3 is 2.46 bits per heavy atom. The van der Waals surface area contributed by atoms with Crippen molar-refractivity contribution in [1.29, 1.82) is 0 Å². The van der Waals surface area contributed by atoms with Crippen LogP contribution in [0.5, 0.6) is 11.5 Å². The van der Waals surface area contributed by atoms with Crippen LogP contribution in [0.15, 0.2) is 71.7 Å². The second-order valence-corrected chi connectivity index (χ2v) is 6.26. The van der Waals surface area contributed by atoms with Crippen molar-refractivity contribution < 1.29 is 9.47 Å². The molecule has 0 N–H and O–H groups in total. The second-order valence-electron chi connectivity index (χ2n) is 5.85. The molecule has 0 unspecified atom stereocenters. The van der Waals surface area contributed by atoms with Crippen LogP contribution in [0.2, 0.25) is 5.02 Å². The predicted molar refractivity (Wildman–Crippen MR) is 107 cm³/mol. The van der Waals surface area contributed by atoms with Gasteiger partial charge in [-0.2, -0.15) is 0 Å². The van der Waals surface area contributed by atoms with E-state index in [0.29, 0.717) is 23.1 Å². The minimum absolute atomic E-state index is 0.424. The zero-order valence-corrected chi connectivity index (χ0v) is 15.5. The van der Waals surface area contributed by atoms with Crippen LogP contribution in [0.3, 0.4) is 0 Å². The van der Waals surface area contributed by atoms with Crippen molar-refractivity contribution in [2.24, 2.45) is 4.99 Å². The maximum absolute atomic E-state index is 6.43. The summed E-state index contributed by atoms with van der Waals surface area (Å²) in [6.07, 6.45) is 1.78. The fraction of sp³-hybridized carbons (Fsp3) is 0.136. The van der Waals surface area contributed by atoms with Gasteiger partial charge in [-0.25, -0.2) is 0 Å². The van der Waals surface area contributed by atoms with E-state index in [9.17, 15) is 0 Å². The zero-order valence-electron chi connectivity index (χ0n) is 14.8. The van der Waals surface area contributed by atoms with Gasteiger partial charge >= 0.3 is 0 Å². The fourth-order valence-corrected chi connectivity index (χ4v) is 2.81. The van der Waals surface area contributed by atoms with Gasteiger partial charge in [-0.05, 0) is 41.8 Å². The number of nitrogens with zero attached hydrogens (tertiary/aromatic N) is 1. The molecule has 0 aliphatic carbocycles. The van der Waals surface area contributed by atoms with E-state index in [0.717, 1.165) is 22.4 Å². The molecular formula is C22H20ClNO2. The molecule has 0 spiro atoms. The van der Waals surface area contributed by atoms with Gasteiger partial charge in [0, 0.05) is 6.21 Å². The van der Waals surface area contributed by atoms with Crippen LogP contribution < -0.4 is 9.47 Å². The Balaban J connectivity index is 1.82. The number of hydrogen-bond donors (Lipinski definition) is 0. The van der Waals surface area contributed by atoms with Crippen molar-refractivity contribution in [3.63, 3.8) is 0 Å². The number of aliphatic imine (C=N–C) groups is 1. The summed E-state index contributed by atoms with van der Waals surface area (Å²) in [5.74, 6) is 1.12. The summed E-state index contributed by atoms with van der Waals surface area (Å²) in [7, 11) is 1.60. The topological polar surface area (TPSA) is 30.8 Å². The van der Waals surface area contributed by atoms with Crippen molar-refractivity contribution in [3.05, 3.63) is 88.4 Å². The van der Waals surface area contributed by atoms with E-state index in [4.69, 9.17) is 21.1 Å². The lowest BCUT2D eigenvalue weighted by molar-refractivity contribution is 0.284. The van der Waals surface area contributed by atoms with E-state index >= 15 is 0 Å². The summed E-state index contributed by atoms with van der Waals surface area (Å²) in [4.78, 5) is 4.54. The SMILES string of the molecule is COc1cc(C=Nc2ccccc2C)cc(Cl)c1OCc1ccccc1. The second kappa shape index (κ2) is 8.54. The zero-order chi connectivity index (χ0) is 18.4. The van der Waals surface area contributed by atoms with Crippen molar-refractivity contribution in [2.45, 2.75) is 13.5 Å². The lowest BCUT2D eigenvalue weighted by Gasteiger charge is -2.13. The van der Waals surface area contributed by atoms with E-state index in [2.05, 4.69) is 4.99 Å². The molecule has 0 aliphatic heterocycles. The molecule has 3 nitrogen and oxygen atoms in total. The number of methoxy groups -OCH3 is 1. The molecule has 0 saturated heterocycles. The number of aryl methyl sites for hydroxylation is 1. The van der Waals surface area contributed by atoms with Gasteiger partial charge < -0.3 is 9.47 Å². The molecule has 3 rings (SSSR count). The lowest BCUT2D eigenvalue weighted by Crippen LogP contribution is -1.99. The van der Waals surface area contributed by atoms with Gasteiger partial charge in [0.25, 0.3) is 0 Å². The van der Waals surface area contributed by atoms with Gasteiger partial charge in [-0.3, -0.25) is 4.99 Å². The Morgan fingerprint density at radius 1 is 1.00 bits per heavy atom. The van der Waals surface area contributed by atoms with Gasteiger partial charge in [-0.15, -0.1) is 0 Å². The normalized spacial score (nSPS) is 10.9. The molecule has 0 amide bonds. The summed E-state index contributed by atoms with van der Waals surface area (Å²) < 4.78 is 11.3. The van der Waals surface area contributed by atoms with Gasteiger partial charge in [0.15, 0.2) is 11.5 Å². The fourth-order valence-electron chi connectivity index (χ4n) is 2.54. The van der Waals surface area contributed by atoms with E-state index in [1.807, 2.05) is 73.7 Å². The molecule has 0 fully saturated rings. The standard InChI is InChI=1S/C22H20ClNO2/c1-16-8-6-7-11-20(16)24-14-18-12-19(23)22(21(13-18)25-2)26-15-17-9-4-3-5-10-17/h3-14H,15H2,1-2H3. The molecule has 0 bridgehead atoms. The van der Waals surface area contributed by atoms with E-state index in [-0.39, 0.29) is 0 Å². The number of rotatable bonds is 6. The molecule has 26 heavy (non-hydrogen) atoms. The maximum Gasteiger partial charge on any atom is 0.180 e. The lowest BCUT2D eigenvalue weighted by atomic mass is 10.2. The summed E-state index contributed by atoms with van der Waals surface area (Å²) in [6.45, 7) is 2.45. The predicted octanol–water partition coefficient (Wildman–Crippen LogP) is 5.99. The van der Waals surface area contributed by atoms with Crippen LogP contribution in [0.4, 0.5) is 5.69 Å². The van der Waals surface area contributed by atoms with Crippen LogP contribution >= 0.6 is 11.6 Å². The van der Waals surface area contributed by atoms with Crippen LogP contribution in [0.25, 0.3) is 0 Å². The smallest absolute Gasteiger partial charge is 0.180 e. The Bertz CT molecular complexity index is 907. The highest BCUT2D eigenvalue weighted by Crippen LogP contribution is 2.36. The first-order valence-electron chi connectivity index (χ1n) is 8.31. The van der Waals surface area contributed by atoms with Gasteiger partial charge in [0.2, 0.25) is 0 Å². The Labute approximate surface area is 158 Å². The first kappa shape index (κ1) is 18.0. The van der Waals surface area contributed by atoms with Gasteiger partial charge in [-0.1, -0.05) is 60.1 Å². The monoisotopic (exact) mass is 365 g/mol. The van der Waals surface area contributed by atoms with Crippen LogP contribution in [0.1, 0.15) is 16.7 Å². The third kappa shape index (κ3) is 4.44. The van der Waals surface area contributed by atoms with Crippen LogP contribution in [-0.2, 0) is 6.61 Å². The van der Waals surface area contributed by atoms with Crippen LogP contribution in [-0.4, -0.2) is 13.3 Å². The molecule has 132 valence electrons. The molecule has 3 aromatic carbocycles.